The first-order valence-electron chi connectivity index (χ1n) is 7.93. The average molecular weight is 336 g/mol. The van der Waals surface area contributed by atoms with Crippen LogP contribution in [-0.2, 0) is 0 Å². The molecule has 1 aromatic carbocycles. The first-order valence-corrected chi connectivity index (χ1v) is 7.93. The van der Waals surface area contributed by atoms with Gasteiger partial charge in [-0.15, -0.1) is 0 Å². The van der Waals surface area contributed by atoms with Crippen molar-refractivity contribution in [2.24, 2.45) is 0 Å². The van der Waals surface area contributed by atoms with Crippen molar-refractivity contribution in [2.45, 2.75) is 0 Å². The number of hydrogen-bond acceptors (Lipinski definition) is 4. The van der Waals surface area contributed by atoms with Gasteiger partial charge in [0.15, 0.2) is 0 Å². The predicted octanol–water partition coefficient (Wildman–Crippen LogP) is 3.62. The van der Waals surface area contributed by atoms with Crippen LogP contribution < -0.4 is 4.74 Å². The van der Waals surface area contributed by atoms with Gasteiger partial charge < -0.3 is 9.64 Å². The maximum atomic E-state index is 14.4. The zero-order valence-corrected chi connectivity index (χ0v) is 14.0. The van der Waals surface area contributed by atoms with Crippen molar-refractivity contribution in [3.05, 3.63) is 60.3 Å². The van der Waals surface area contributed by atoms with Gasteiger partial charge in [0.05, 0.1) is 30.1 Å². The van der Waals surface area contributed by atoms with E-state index < -0.39 is 0 Å². The number of allylic oxidation sites excluding steroid dienone is 2. The van der Waals surface area contributed by atoms with Crippen LogP contribution in [0.5, 0.6) is 5.75 Å². The fourth-order valence-corrected chi connectivity index (χ4v) is 3.02. The number of benzene rings is 1. The number of fused-ring (bicyclic) bond motifs is 1. The number of aromatic amines is 1. The van der Waals surface area contributed by atoms with Crippen LogP contribution in [0.2, 0.25) is 0 Å². The summed E-state index contributed by atoms with van der Waals surface area (Å²) in [5.41, 5.74) is 3.48. The van der Waals surface area contributed by atoms with Crippen molar-refractivity contribution >= 4 is 16.5 Å². The van der Waals surface area contributed by atoms with Gasteiger partial charge in [-0.25, -0.2) is 4.39 Å². The van der Waals surface area contributed by atoms with Crippen LogP contribution in [0.25, 0.3) is 27.7 Å². The molecule has 25 heavy (non-hydrogen) atoms. The molecule has 0 aliphatic carbocycles. The lowest BCUT2D eigenvalue weighted by Crippen LogP contribution is -2.13. The van der Waals surface area contributed by atoms with Gasteiger partial charge in [0, 0.05) is 30.8 Å². The highest BCUT2D eigenvalue weighted by atomic mass is 19.1. The minimum atomic E-state index is -0.368. The Morgan fingerprint density at radius 3 is 3.00 bits per heavy atom. The van der Waals surface area contributed by atoms with Crippen molar-refractivity contribution in [2.75, 3.05) is 20.7 Å². The summed E-state index contributed by atoms with van der Waals surface area (Å²) < 4.78 is 19.7. The number of H-pyrrole nitrogens is 1. The highest BCUT2D eigenvalue weighted by Crippen LogP contribution is 2.34. The lowest BCUT2D eigenvalue weighted by molar-refractivity contribution is 0.413. The van der Waals surface area contributed by atoms with Crippen molar-refractivity contribution in [1.29, 1.82) is 0 Å². The molecule has 3 aromatic rings. The number of nitrogens with zero attached hydrogens (tertiary/aromatic N) is 3. The molecule has 0 saturated heterocycles. The molecule has 0 fully saturated rings. The Kier molecular flexibility index (Phi) is 3.72. The van der Waals surface area contributed by atoms with Crippen LogP contribution in [0.1, 0.15) is 5.69 Å². The molecule has 3 heterocycles. The van der Waals surface area contributed by atoms with Crippen molar-refractivity contribution in [3.63, 3.8) is 0 Å². The number of pyridine rings is 1. The summed E-state index contributed by atoms with van der Waals surface area (Å²) in [6, 6.07) is 6.59. The average Bonchev–Trinajstić information content (AvgIpc) is 3.04. The van der Waals surface area contributed by atoms with Crippen molar-refractivity contribution in [1.82, 2.24) is 20.1 Å². The SMILES string of the molecule is COc1cccc(F)c1-c1cc2c(C3=CN(C)CC=C3)n[nH]c2cn1. The predicted molar refractivity (Wildman–Crippen MR) is 95.6 cm³/mol. The Balaban J connectivity index is 1.89. The van der Waals surface area contributed by atoms with E-state index in [9.17, 15) is 4.39 Å². The first-order chi connectivity index (χ1) is 12.2. The molecule has 4 rings (SSSR count). The maximum absolute atomic E-state index is 14.4. The summed E-state index contributed by atoms with van der Waals surface area (Å²) in [5.74, 6) is 0.0844. The maximum Gasteiger partial charge on any atom is 0.136 e. The number of ether oxygens (including phenoxy) is 1. The summed E-state index contributed by atoms with van der Waals surface area (Å²) in [4.78, 5) is 6.46. The van der Waals surface area contributed by atoms with Gasteiger partial charge in [0.25, 0.3) is 0 Å². The van der Waals surface area contributed by atoms with Gasteiger partial charge in [-0.3, -0.25) is 10.1 Å². The van der Waals surface area contributed by atoms with Crippen molar-refractivity contribution in [3.8, 4) is 17.0 Å². The van der Waals surface area contributed by atoms with Gasteiger partial charge in [-0.1, -0.05) is 18.2 Å². The van der Waals surface area contributed by atoms with Crippen LogP contribution in [-0.4, -0.2) is 40.8 Å². The zero-order valence-electron chi connectivity index (χ0n) is 14.0. The number of nitrogens with one attached hydrogen (secondary N) is 1. The molecule has 6 heteroatoms. The minimum absolute atomic E-state index is 0.351. The number of likely N-dealkylation sites (N-methyl/N-ethyl adjacent to an activating group) is 1. The molecular weight excluding hydrogens is 319 g/mol. The number of rotatable bonds is 3. The van der Waals surface area contributed by atoms with Crippen LogP contribution in [0.15, 0.2) is 48.8 Å². The third-order valence-corrected chi connectivity index (χ3v) is 4.22. The first kappa shape index (κ1) is 15.4. The van der Waals surface area contributed by atoms with Gasteiger partial charge in [0.1, 0.15) is 17.3 Å². The van der Waals surface area contributed by atoms with E-state index in [1.807, 2.05) is 25.4 Å². The largest absolute Gasteiger partial charge is 0.496 e. The van der Waals surface area contributed by atoms with Crippen LogP contribution in [0, 0.1) is 5.82 Å². The number of halogens is 1. The van der Waals surface area contributed by atoms with E-state index in [-0.39, 0.29) is 5.82 Å². The second-order valence-corrected chi connectivity index (χ2v) is 5.93. The molecule has 0 atom stereocenters. The molecule has 2 aromatic heterocycles. The van der Waals surface area contributed by atoms with Crippen LogP contribution in [0.3, 0.4) is 0 Å². The summed E-state index contributed by atoms with van der Waals surface area (Å²) in [6.45, 7) is 0.866. The number of aromatic nitrogens is 3. The Bertz CT molecular complexity index is 1010. The summed E-state index contributed by atoms with van der Waals surface area (Å²) >= 11 is 0. The van der Waals surface area contributed by atoms with E-state index >= 15 is 0 Å². The van der Waals surface area contributed by atoms with Crippen LogP contribution >= 0.6 is 0 Å². The molecule has 0 saturated carbocycles. The summed E-state index contributed by atoms with van der Waals surface area (Å²) in [6.07, 6.45) is 7.83. The highest BCUT2D eigenvalue weighted by Gasteiger charge is 2.17. The molecule has 0 radical (unpaired) electrons. The topological polar surface area (TPSA) is 54.0 Å². The quantitative estimate of drug-likeness (QED) is 0.794. The Morgan fingerprint density at radius 2 is 2.20 bits per heavy atom. The van der Waals surface area contributed by atoms with Crippen molar-refractivity contribution < 1.29 is 9.13 Å². The minimum Gasteiger partial charge on any atom is -0.496 e. The van der Waals surface area contributed by atoms with E-state index in [1.54, 1.807) is 18.3 Å². The second-order valence-electron chi connectivity index (χ2n) is 5.93. The molecule has 1 aliphatic rings. The smallest absolute Gasteiger partial charge is 0.136 e. The van der Waals surface area contributed by atoms with Crippen LogP contribution in [0.4, 0.5) is 4.39 Å². The van der Waals surface area contributed by atoms with Gasteiger partial charge in [0.2, 0.25) is 0 Å². The van der Waals surface area contributed by atoms with E-state index in [0.717, 1.165) is 28.7 Å². The second kappa shape index (κ2) is 6.05. The standard InChI is InChI=1S/C19H17FN4O/c1-24-8-4-5-12(11-24)19-13-9-15(21-10-16(13)22-23-19)18-14(20)6-3-7-17(18)25-2/h3-7,9-11H,8H2,1-2H3,(H,22,23). The normalized spacial score (nSPS) is 14.0. The summed E-state index contributed by atoms with van der Waals surface area (Å²) in [5, 5.41) is 8.30. The third kappa shape index (κ3) is 2.65. The van der Waals surface area contributed by atoms with E-state index in [0.29, 0.717) is 17.0 Å². The summed E-state index contributed by atoms with van der Waals surface area (Å²) in [7, 11) is 3.53. The fraction of sp³-hybridized carbons (Fsp3) is 0.158. The Morgan fingerprint density at radius 1 is 1.32 bits per heavy atom. The number of methoxy groups -OCH3 is 1. The molecule has 0 bridgehead atoms. The molecule has 1 N–H and O–H groups in total. The molecule has 1 aliphatic heterocycles. The Hall–Kier alpha value is -3.15. The molecule has 0 amide bonds. The fourth-order valence-electron chi connectivity index (χ4n) is 3.02. The monoisotopic (exact) mass is 336 g/mol. The van der Waals surface area contributed by atoms with Gasteiger partial charge in [-0.2, -0.15) is 5.10 Å². The Labute approximate surface area is 144 Å². The highest BCUT2D eigenvalue weighted by molar-refractivity contribution is 5.94. The molecule has 0 unspecified atom stereocenters. The van der Waals surface area contributed by atoms with Gasteiger partial charge in [-0.05, 0) is 18.2 Å². The molecule has 5 nitrogen and oxygen atoms in total. The molecular formula is C19H17FN4O. The zero-order chi connectivity index (χ0) is 17.4. The van der Waals surface area contributed by atoms with E-state index in [1.165, 1.54) is 13.2 Å². The number of hydrogen-bond donors (Lipinski definition) is 1. The lowest BCUT2D eigenvalue weighted by atomic mass is 10.0. The molecule has 0 spiro atoms. The molecule has 126 valence electrons. The van der Waals surface area contributed by atoms with E-state index in [4.69, 9.17) is 4.74 Å². The van der Waals surface area contributed by atoms with E-state index in [2.05, 4.69) is 26.2 Å². The van der Waals surface area contributed by atoms with Gasteiger partial charge >= 0.3 is 0 Å². The lowest BCUT2D eigenvalue weighted by Gasteiger charge is -2.17. The third-order valence-electron chi connectivity index (χ3n) is 4.22.